The zero-order chi connectivity index (χ0) is 13.8. The van der Waals surface area contributed by atoms with Gasteiger partial charge in [-0.2, -0.15) is 11.3 Å². The molecule has 1 aromatic heterocycles. The summed E-state index contributed by atoms with van der Waals surface area (Å²) in [5.41, 5.74) is 2.71. The Morgan fingerprint density at radius 2 is 2.25 bits per heavy atom. The first-order valence-electron chi connectivity index (χ1n) is 7.36. The number of hydrogen-bond donors (Lipinski definition) is 1. The lowest BCUT2D eigenvalue weighted by atomic mass is 10.0. The van der Waals surface area contributed by atoms with Crippen LogP contribution in [0.15, 0.2) is 41.1 Å². The molecular formula is C17H21NOS. The molecule has 0 radical (unpaired) electrons. The second kappa shape index (κ2) is 6.42. The molecule has 1 aromatic carbocycles. The molecule has 20 heavy (non-hydrogen) atoms. The van der Waals surface area contributed by atoms with Crippen LogP contribution in [0, 0.1) is 0 Å². The van der Waals surface area contributed by atoms with Gasteiger partial charge in [0.25, 0.3) is 0 Å². The lowest BCUT2D eigenvalue weighted by Gasteiger charge is -2.19. The minimum Gasteiger partial charge on any atom is -0.490 e. The van der Waals surface area contributed by atoms with Gasteiger partial charge in [-0.15, -0.1) is 0 Å². The van der Waals surface area contributed by atoms with Gasteiger partial charge in [0.2, 0.25) is 0 Å². The first kappa shape index (κ1) is 13.7. The van der Waals surface area contributed by atoms with Gasteiger partial charge >= 0.3 is 0 Å². The molecule has 2 aromatic rings. The van der Waals surface area contributed by atoms with Crippen molar-refractivity contribution in [2.24, 2.45) is 0 Å². The van der Waals surface area contributed by atoms with Gasteiger partial charge < -0.3 is 10.1 Å². The summed E-state index contributed by atoms with van der Waals surface area (Å²) < 4.78 is 5.90. The molecule has 0 saturated heterocycles. The van der Waals surface area contributed by atoms with Crippen molar-refractivity contribution in [3.8, 4) is 5.75 Å². The molecule has 3 rings (SSSR count). The minimum atomic E-state index is 0.359. The number of likely N-dealkylation sites (N-methyl/N-ethyl adjacent to an activating group) is 1. The van der Waals surface area contributed by atoms with Crippen LogP contribution in [0.25, 0.3) is 0 Å². The molecule has 1 aliphatic rings. The average Bonchev–Trinajstić information content (AvgIpc) is 3.12. The summed E-state index contributed by atoms with van der Waals surface area (Å²) in [4.78, 5) is 0. The Morgan fingerprint density at radius 3 is 2.95 bits per heavy atom. The second-order valence-corrected chi connectivity index (χ2v) is 6.12. The summed E-state index contributed by atoms with van der Waals surface area (Å²) in [5.74, 6) is 1.01. The number of benzene rings is 1. The number of thiophene rings is 1. The van der Waals surface area contributed by atoms with E-state index in [4.69, 9.17) is 4.74 Å². The van der Waals surface area contributed by atoms with Crippen LogP contribution in [0.2, 0.25) is 0 Å². The molecule has 0 spiro atoms. The Bertz CT molecular complexity index is 534. The molecule has 1 fully saturated rings. The second-order valence-electron chi connectivity index (χ2n) is 5.34. The van der Waals surface area contributed by atoms with E-state index in [9.17, 15) is 0 Å². The van der Waals surface area contributed by atoms with Crippen molar-refractivity contribution in [3.05, 3.63) is 52.2 Å². The normalized spacial score (nSPS) is 16.1. The van der Waals surface area contributed by atoms with E-state index in [2.05, 4.69) is 53.3 Å². The topological polar surface area (TPSA) is 21.3 Å². The van der Waals surface area contributed by atoms with Crippen LogP contribution in [0.3, 0.4) is 0 Å². The Labute approximate surface area is 124 Å². The summed E-state index contributed by atoms with van der Waals surface area (Å²) in [6, 6.07) is 11.1. The fourth-order valence-electron chi connectivity index (χ4n) is 2.38. The van der Waals surface area contributed by atoms with Crippen molar-refractivity contribution < 1.29 is 4.74 Å². The summed E-state index contributed by atoms with van der Waals surface area (Å²) in [5, 5.41) is 7.96. The maximum absolute atomic E-state index is 5.90. The maximum atomic E-state index is 5.90. The third-order valence-electron chi connectivity index (χ3n) is 3.56. The van der Waals surface area contributed by atoms with E-state index < -0.39 is 0 Å². The van der Waals surface area contributed by atoms with E-state index in [1.165, 1.54) is 24.0 Å². The van der Waals surface area contributed by atoms with Crippen molar-refractivity contribution in [2.75, 3.05) is 6.54 Å². The Balaban J connectivity index is 1.75. The lowest BCUT2D eigenvalue weighted by Crippen LogP contribution is -2.22. The van der Waals surface area contributed by atoms with Gasteiger partial charge in [-0.05, 0) is 65.9 Å². The predicted molar refractivity (Wildman–Crippen MR) is 84.5 cm³/mol. The van der Waals surface area contributed by atoms with Crippen LogP contribution in [-0.2, 0) is 6.42 Å². The molecule has 2 nitrogen and oxygen atoms in total. The quantitative estimate of drug-likeness (QED) is 0.824. The molecule has 0 bridgehead atoms. The van der Waals surface area contributed by atoms with Crippen molar-refractivity contribution >= 4 is 11.3 Å². The van der Waals surface area contributed by atoms with Gasteiger partial charge in [-0.3, -0.25) is 0 Å². The molecule has 3 heteroatoms. The fourth-order valence-corrected chi connectivity index (χ4v) is 3.06. The van der Waals surface area contributed by atoms with Gasteiger partial charge in [0, 0.05) is 6.04 Å². The van der Waals surface area contributed by atoms with Gasteiger partial charge in [0.15, 0.2) is 0 Å². The summed E-state index contributed by atoms with van der Waals surface area (Å²) in [6.07, 6.45) is 3.90. The van der Waals surface area contributed by atoms with E-state index in [0.29, 0.717) is 12.1 Å². The molecule has 0 amide bonds. The highest BCUT2D eigenvalue weighted by atomic mass is 32.1. The van der Waals surface area contributed by atoms with Crippen LogP contribution in [0.5, 0.6) is 5.75 Å². The largest absolute Gasteiger partial charge is 0.490 e. The van der Waals surface area contributed by atoms with E-state index in [1.807, 2.05) is 0 Å². The van der Waals surface area contributed by atoms with E-state index >= 15 is 0 Å². The van der Waals surface area contributed by atoms with Crippen LogP contribution < -0.4 is 10.1 Å². The van der Waals surface area contributed by atoms with Crippen molar-refractivity contribution in [3.63, 3.8) is 0 Å². The molecule has 1 unspecified atom stereocenters. The van der Waals surface area contributed by atoms with Crippen molar-refractivity contribution in [1.29, 1.82) is 0 Å². The predicted octanol–water partition coefficient (Wildman–Crippen LogP) is 4.18. The maximum Gasteiger partial charge on any atom is 0.120 e. The van der Waals surface area contributed by atoms with Gasteiger partial charge in [0.05, 0.1) is 6.10 Å². The van der Waals surface area contributed by atoms with Crippen LogP contribution in [-0.4, -0.2) is 12.6 Å². The number of nitrogens with one attached hydrogen (secondary N) is 1. The van der Waals surface area contributed by atoms with Gasteiger partial charge in [-0.25, -0.2) is 0 Å². The molecule has 1 atom stereocenters. The Hall–Kier alpha value is -1.32. The van der Waals surface area contributed by atoms with Crippen molar-refractivity contribution in [2.45, 2.75) is 38.3 Å². The van der Waals surface area contributed by atoms with E-state index in [1.54, 1.807) is 11.3 Å². The van der Waals surface area contributed by atoms with Gasteiger partial charge in [0.1, 0.15) is 5.75 Å². The third kappa shape index (κ3) is 3.62. The molecule has 1 aliphatic carbocycles. The third-order valence-corrected chi connectivity index (χ3v) is 4.29. The number of hydrogen-bond acceptors (Lipinski definition) is 3. The highest BCUT2D eigenvalue weighted by molar-refractivity contribution is 7.07. The zero-order valence-corrected chi connectivity index (χ0v) is 12.7. The monoisotopic (exact) mass is 287 g/mol. The zero-order valence-electron chi connectivity index (χ0n) is 11.8. The molecule has 1 heterocycles. The first-order chi connectivity index (χ1) is 9.85. The number of ether oxygens (including phenoxy) is 1. The molecular weight excluding hydrogens is 266 g/mol. The fraction of sp³-hybridized carbons (Fsp3) is 0.412. The highest BCUT2D eigenvalue weighted by Gasteiger charge is 2.23. The van der Waals surface area contributed by atoms with Crippen LogP contribution in [0.1, 0.15) is 36.9 Å². The lowest BCUT2D eigenvalue weighted by molar-refractivity contribution is 0.302. The molecule has 1 N–H and O–H groups in total. The average molecular weight is 287 g/mol. The Kier molecular flexibility index (Phi) is 4.38. The SMILES string of the molecule is CCNC(Cc1ccsc1)c1cccc(OC2CC2)c1. The molecule has 0 aliphatic heterocycles. The standard InChI is InChI=1S/C17H21NOS/c1-2-18-17(10-13-8-9-20-12-13)14-4-3-5-16(11-14)19-15-6-7-15/h3-5,8-9,11-12,15,17-18H,2,6-7,10H2,1H3. The summed E-state index contributed by atoms with van der Waals surface area (Å²) in [7, 11) is 0. The molecule has 106 valence electrons. The highest BCUT2D eigenvalue weighted by Crippen LogP contribution is 2.29. The van der Waals surface area contributed by atoms with Crippen LogP contribution >= 0.6 is 11.3 Å². The summed E-state index contributed by atoms with van der Waals surface area (Å²) >= 11 is 1.76. The molecule has 1 saturated carbocycles. The summed E-state index contributed by atoms with van der Waals surface area (Å²) in [6.45, 7) is 3.13. The van der Waals surface area contributed by atoms with E-state index in [0.717, 1.165) is 18.7 Å². The van der Waals surface area contributed by atoms with Crippen LogP contribution in [0.4, 0.5) is 0 Å². The van der Waals surface area contributed by atoms with Crippen molar-refractivity contribution in [1.82, 2.24) is 5.32 Å². The van der Waals surface area contributed by atoms with E-state index in [-0.39, 0.29) is 0 Å². The number of rotatable bonds is 7. The Morgan fingerprint density at radius 1 is 1.35 bits per heavy atom. The smallest absolute Gasteiger partial charge is 0.120 e. The minimum absolute atomic E-state index is 0.359. The first-order valence-corrected chi connectivity index (χ1v) is 8.30. The van der Waals surface area contributed by atoms with Gasteiger partial charge in [-0.1, -0.05) is 19.1 Å².